The highest BCUT2D eigenvalue weighted by Crippen LogP contribution is 2.31. The average molecular weight is 644 g/mol. The van der Waals surface area contributed by atoms with Gasteiger partial charge in [0.25, 0.3) is 11.8 Å². The molecule has 3 aromatic rings. The molecule has 5 rings (SSSR count). The normalized spacial score (nSPS) is 17.7. The van der Waals surface area contributed by atoms with Crippen molar-refractivity contribution in [3.05, 3.63) is 70.6 Å². The van der Waals surface area contributed by atoms with E-state index in [9.17, 15) is 14.4 Å². The van der Waals surface area contributed by atoms with Crippen LogP contribution < -0.4 is 0 Å². The quantitative estimate of drug-likeness (QED) is 0.271. The Bertz CT molecular complexity index is 1360. The number of likely N-dealkylation sites (tertiary alicyclic amines) is 1. The van der Waals surface area contributed by atoms with Crippen molar-refractivity contribution in [1.82, 2.24) is 22.9 Å². The number of rotatable bonds is 7. The number of halogens is 1. The fraction of sp³-hybridized carbons (Fsp3) is 0.393. The summed E-state index contributed by atoms with van der Waals surface area (Å²) in [6, 6.07) is 10.5. The van der Waals surface area contributed by atoms with Crippen molar-refractivity contribution in [3.63, 3.8) is 0 Å². The Kier molecular flexibility index (Phi) is 7.80. The molecule has 8 nitrogen and oxygen atoms in total. The first-order chi connectivity index (χ1) is 18.3. The Morgan fingerprint density at radius 3 is 2.61 bits per heavy atom. The maximum absolute atomic E-state index is 13.9. The van der Waals surface area contributed by atoms with E-state index in [1.165, 1.54) is 0 Å². The zero-order chi connectivity index (χ0) is 27.0. The molecule has 2 atom stereocenters. The van der Waals surface area contributed by atoms with E-state index in [0.29, 0.717) is 37.3 Å². The fourth-order valence-electron chi connectivity index (χ4n) is 5.35. The van der Waals surface area contributed by atoms with Crippen molar-refractivity contribution in [2.75, 3.05) is 6.54 Å². The summed E-state index contributed by atoms with van der Waals surface area (Å²) in [5, 5.41) is 0. The molecular formula is C28H30IN5O3S. The molecule has 1 saturated heterocycles. The molecule has 0 radical (unpaired) electrons. The average Bonchev–Trinajstić information content (AvgIpc) is 3.64. The molecule has 0 bridgehead atoms. The Morgan fingerprint density at radius 2 is 1.95 bits per heavy atom. The number of hydrogen-bond acceptors (Lipinski definition) is 6. The first-order valence-electron chi connectivity index (χ1n) is 12.8. The minimum atomic E-state index is -0.643. The van der Waals surface area contributed by atoms with Crippen LogP contribution in [-0.4, -0.2) is 59.2 Å². The SMILES string of the molecule is Cc1ncsc1-c1ccc(CN(I)C(=O)[C@@H]2CCCN2C(=O)C(C(C)C)N2Cc3ncccc3C2=O)cc1. The molecular weight excluding hydrogens is 613 g/mol. The van der Waals surface area contributed by atoms with Crippen molar-refractivity contribution in [2.45, 2.75) is 58.8 Å². The van der Waals surface area contributed by atoms with Crippen molar-refractivity contribution in [2.24, 2.45) is 5.92 Å². The second-order valence-electron chi connectivity index (χ2n) is 10.1. The predicted molar refractivity (Wildman–Crippen MR) is 154 cm³/mol. The smallest absolute Gasteiger partial charge is 0.256 e. The molecule has 1 unspecified atom stereocenters. The molecule has 4 heterocycles. The molecule has 198 valence electrons. The van der Waals surface area contributed by atoms with E-state index in [2.05, 4.69) is 45.0 Å². The summed E-state index contributed by atoms with van der Waals surface area (Å²) in [5.74, 6) is -0.520. The number of aromatic nitrogens is 2. The molecule has 2 aliphatic heterocycles. The minimum absolute atomic E-state index is 0.0842. The number of nitrogens with zero attached hydrogens (tertiary/aromatic N) is 5. The number of pyridine rings is 1. The topological polar surface area (TPSA) is 86.7 Å². The number of hydrogen-bond donors (Lipinski definition) is 0. The van der Waals surface area contributed by atoms with Crippen LogP contribution in [0.25, 0.3) is 10.4 Å². The number of benzene rings is 1. The van der Waals surface area contributed by atoms with E-state index in [4.69, 9.17) is 0 Å². The molecule has 0 aliphatic carbocycles. The van der Waals surface area contributed by atoms with Gasteiger partial charge in [-0.3, -0.25) is 22.5 Å². The number of aryl methyl sites for hydroxylation is 1. The molecule has 10 heteroatoms. The highest BCUT2D eigenvalue weighted by Gasteiger charge is 2.44. The Morgan fingerprint density at radius 1 is 1.18 bits per heavy atom. The Hall–Kier alpha value is -2.86. The van der Waals surface area contributed by atoms with Crippen LogP contribution in [0.2, 0.25) is 0 Å². The van der Waals surface area contributed by atoms with E-state index in [1.807, 2.05) is 38.4 Å². The van der Waals surface area contributed by atoms with Crippen molar-refractivity contribution in [3.8, 4) is 10.4 Å². The molecule has 1 fully saturated rings. The molecule has 0 N–H and O–H groups in total. The zero-order valence-electron chi connectivity index (χ0n) is 21.6. The monoisotopic (exact) mass is 643 g/mol. The van der Waals surface area contributed by atoms with Crippen LogP contribution in [0.3, 0.4) is 0 Å². The lowest BCUT2D eigenvalue weighted by Gasteiger charge is -2.35. The summed E-state index contributed by atoms with van der Waals surface area (Å²) >= 11 is 3.67. The summed E-state index contributed by atoms with van der Waals surface area (Å²) in [6.07, 6.45) is 3.05. The number of carbonyl (C=O) groups is 3. The second-order valence-corrected chi connectivity index (χ2v) is 12.2. The van der Waals surface area contributed by atoms with Crippen LogP contribution in [0.1, 0.15) is 54.0 Å². The lowest BCUT2D eigenvalue weighted by Crippen LogP contribution is -2.55. The van der Waals surface area contributed by atoms with Crippen LogP contribution in [0.4, 0.5) is 0 Å². The molecule has 1 aromatic carbocycles. The van der Waals surface area contributed by atoms with Gasteiger partial charge >= 0.3 is 0 Å². The maximum Gasteiger partial charge on any atom is 0.256 e. The largest absolute Gasteiger partial charge is 0.329 e. The number of carbonyl (C=O) groups excluding carboxylic acids is 3. The summed E-state index contributed by atoms with van der Waals surface area (Å²) in [5.41, 5.74) is 6.23. The lowest BCUT2D eigenvalue weighted by atomic mass is 10.0. The molecule has 2 aliphatic rings. The van der Waals surface area contributed by atoms with Gasteiger partial charge in [0, 0.05) is 12.7 Å². The van der Waals surface area contributed by atoms with E-state index >= 15 is 0 Å². The zero-order valence-corrected chi connectivity index (χ0v) is 24.6. The highest BCUT2D eigenvalue weighted by molar-refractivity contribution is 14.1. The third-order valence-electron chi connectivity index (χ3n) is 7.26. The Labute approximate surface area is 240 Å². The van der Waals surface area contributed by atoms with E-state index in [0.717, 1.165) is 28.1 Å². The van der Waals surface area contributed by atoms with Gasteiger partial charge in [-0.05, 0) is 48.9 Å². The predicted octanol–water partition coefficient (Wildman–Crippen LogP) is 4.86. The van der Waals surface area contributed by atoms with Crippen molar-refractivity contribution in [1.29, 1.82) is 0 Å². The second kappa shape index (κ2) is 11.1. The first kappa shape index (κ1) is 26.7. The summed E-state index contributed by atoms with van der Waals surface area (Å²) < 4.78 is 1.67. The third-order valence-corrected chi connectivity index (χ3v) is 9.06. The van der Waals surface area contributed by atoms with Crippen LogP contribution in [0.15, 0.2) is 48.1 Å². The third kappa shape index (κ3) is 5.07. The molecule has 3 amide bonds. The van der Waals surface area contributed by atoms with Crippen LogP contribution in [0.5, 0.6) is 0 Å². The molecule has 38 heavy (non-hydrogen) atoms. The van der Waals surface area contributed by atoms with Crippen molar-refractivity contribution >= 4 is 51.9 Å². The molecule has 0 spiro atoms. The van der Waals surface area contributed by atoms with Crippen molar-refractivity contribution < 1.29 is 14.4 Å². The highest BCUT2D eigenvalue weighted by atomic mass is 127. The van der Waals surface area contributed by atoms with E-state index in [-0.39, 0.29) is 23.6 Å². The molecule has 2 aromatic heterocycles. The summed E-state index contributed by atoms with van der Waals surface area (Å²) in [6.45, 7) is 7.16. The number of thiazole rings is 1. The number of fused-ring (bicyclic) bond motifs is 1. The van der Waals surface area contributed by atoms with Crippen LogP contribution in [-0.2, 0) is 22.7 Å². The van der Waals surface area contributed by atoms with Gasteiger partial charge < -0.3 is 9.80 Å². The van der Waals surface area contributed by atoms with Gasteiger partial charge in [0.1, 0.15) is 12.1 Å². The molecule has 0 saturated carbocycles. The van der Waals surface area contributed by atoms with Gasteiger partial charge in [-0.1, -0.05) is 38.1 Å². The van der Waals surface area contributed by atoms with Crippen LogP contribution in [0, 0.1) is 12.8 Å². The van der Waals surface area contributed by atoms with E-state index in [1.54, 1.807) is 42.6 Å². The summed E-state index contributed by atoms with van der Waals surface area (Å²) in [7, 11) is 0. The van der Waals surface area contributed by atoms with Gasteiger partial charge in [-0.15, -0.1) is 11.3 Å². The first-order valence-corrected chi connectivity index (χ1v) is 14.6. The van der Waals surface area contributed by atoms with Gasteiger partial charge in [-0.2, -0.15) is 0 Å². The van der Waals surface area contributed by atoms with Crippen LogP contribution >= 0.6 is 34.2 Å². The van der Waals surface area contributed by atoms with Gasteiger partial charge in [0.2, 0.25) is 5.91 Å². The minimum Gasteiger partial charge on any atom is -0.329 e. The lowest BCUT2D eigenvalue weighted by molar-refractivity contribution is -0.144. The Balaban J connectivity index is 1.28. The summed E-state index contributed by atoms with van der Waals surface area (Å²) in [4.78, 5) is 53.7. The van der Waals surface area contributed by atoms with E-state index < -0.39 is 12.1 Å². The maximum atomic E-state index is 13.9. The number of amides is 3. The van der Waals surface area contributed by atoms with Gasteiger partial charge in [0.15, 0.2) is 0 Å². The fourth-order valence-corrected chi connectivity index (χ4v) is 6.87. The van der Waals surface area contributed by atoms with Gasteiger partial charge in [0.05, 0.1) is 63.3 Å². The standard InChI is InChI=1S/C28H30IN5O3S/c1-17(2)24(33-15-22-21(26(33)35)6-4-12-30-22)28(37)32-13-5-7-23(32)27(36)34(29)14-19-8-10-20(11-9-19)25-18(3)31-16-38-25/h4,6,8-12,16-17,23-24H,5,7,13-15H2,1-3H3/t23-,24?/m0/s1. The van der Waals surface area contributed by atoms with Gasteiger partial charge in [-0.25, -0.2) is 4.98 Å².